The van der Waals surface area contributed by atoms with E-state index in [-0.39, 0.29) is 24.7 Å². The number of benzene rings is 4. The number of aromatic hydroxyl groups is 2. The second kappa shape index (κ2) is 18.7. The van der Waals surface area contributed by atoms with Gasteiger partial charge in [0, 0.05) is 18.4 Å². The van der Waals surface area contributed by atoms with Gasteiger partial charge in [-0.3, -0.25) is 13.6 Å². The Hall–Kier alpha value is -5.23. The van der Waals surface area contributed by atoms with E-state index in [1.54, 1.807) is 64.1 Å². The third-order valence-corrected chi connectivity index (χ3v) is 8.69. The molecule has 0 aliphatic carbocycles. The predicted octanol–water partition coefficient (Wildman–Crippen LogP) is 8.51. The Morgan fingerprint density at radius 2 is 1.20 bits per heavy atom. The quantitative estimate of drug-likeness (QED) is 0.0605. The zero-order valence-electron chi connectivity index (χ0n) is 28.8. The Morgan fingerprint density at radius 1 is 0.647 bits per heavy atom. The Balaban J connectivity index is 1.44. The Bertz CT molecular complexity index is 1780. The third-order valence-electron chi connectivity index (χ3n) is 7.25. The van der Waals surface area contributed by atoms with Gasteiger partial charge in [0.2, 0.25) is 13.6 Å². The second-order valence-electron chi connectivity index (χ2n) is 11.1. The third kappa shape index (κ3) is 12.0. The number of rotatable bonds is 17. The number of phenols is 2. The van der Waals surface area contributed by atoms with Crippen molar-refractivity contribution >= 4 is 19.9 Å². The lowest BCUT2D eigenvalue weighted by Crippen LogP contribution is -2.15. The molecule has 0 heterocycles. The highest BCUT2D eigenvalue weighted by molar-refractivity contribution is 7.53. The number of carbonyl (C=O) groups is 2. The van der Waals surface area contributed by atoms with E-state index in [1.807, 2.05) is 42.5 Å². The summed E-state index contributed by atoms with van der Waals surface area (Å²) in [5.74, 6) is 1.63. The summed E-state index contributed by atoms with van der Waals surface area (Å²) < 4.78 is 54.4. The minimum absolute atomic E-state index is 0.0615. The second-order valence-corrected chi connectivity index (χ2v) is 13.1. The summed E-state index contributed by atoms with van der Waals surface area (Å²) in [7, 11) is -4.15. The lowest BCUT2D eigenvalue weighted by atomic mass is 9.98. The van der Waals surface area contributed by atoms with Crippen LogP contribution >= 0.6 is 7.60 Å². The van der Waals surface area contributed by atoms with Crippen LogP contribution in [0.25, 0.3) is 0 Å². The van der Waals surface area contributed by atoms with E-state index in [1.165, 1.54) is 0 Å². The van der Waals surface area contributed by atoms with Crippen LogP contribution in [0.4, 0.5) is 9.59 Å². The summed E-state index contributed by atoms with van der Waals surface area (Å²) >= 11 is 0. The standard InChI is InChI=1S/C37H41O13P/c1-5-43-36(40)45-22-48-51(42,49-23-46-37(41)44-6-2)24-47-32-16-25(3)35(26(4)17-32)50-31-13-15-34(39)30(21-31)20-28-12-14-33(38)29(19-28)18-27-10-8-7-9-11-27/h7-17,19,21,38-39H,5-6,18,20,22-24H2,1-4H3. The maximum Gasteiger partial charge on any atom is 0.510 e. The molecule has 14 heteroatoms. The minimum Gasteiger partial charge on any atom is -0.508 e. The largest absolute Gasteiger partial charge is 0.510 e. The van der Waals surface area contributed by atoms with Gasteiger partial charge in [-0.25, -0.2) is 9.59 Å². The molecule has 13 nitrogen and oxygen atoms in total. The van der Waals surface area contributed by atoms with Crippen molar-refractivity contribution in [2.45, 2.75) is 40.5 Å². The Labute approximate surface area is 296 Å². The summed E-state index contributed by atoms with van der Waals surface area (Å²) in [6.45, 7) is 5.34. The fraction of sp³-hybridized carbons (Fsp3) is 0.297. The zero-order valence-corrected chi connectivity index (χ0v) is 29.7. The van der Waals surface area contributed by atoms with Crippen molar-refractivity contribution in [3.8, 4) is 28.7 Å². The molecule has 51 heavy (non-hydrogen) atoms. The summed E-state index contributed by atoms with van der Waals surface area (Å²) in [5, 5.41) is 21.1. The maximum absolute atomic E-state index is 13.4. The molecule has 0 amide bonds. The molecule has 2 N–H and O–H groups in total. The first-order valence-electron chi connectivity index (χ1n) is 16.0. The molecule has 4 rings (SSSR count). The van der Waals surface area contributed by atoms with Gasteiger partial charge in [0.05, 0.1) is 13.2 Å². The fourth-order valence-electron chi connectivity index (χ4n) is 4.86. The molecule has 0 bridgehead atoms. The number of hydrogen-bond acceptors (Lipinski definition) is 13. The van der Waals surface area contributed by atoms with Crippen molar-refractivity contribution in [3.63, 3.8) is 0 Å². The molecule has 0 saturated heterocycles. The molecule has 0 saturated carbocycles. The average Bonchev–Trinajstić information content (AvgIpc) is 3.09. The smallest absolute Gasteiger partial charge is 0.508 e. The number of hydrogen-bond donors (Lipinski definition) is 2. The number of aryl methyl sites for hydroxylation is 2. The summed E-state index contributed by atoms with van der Waals surface area (Å²) in [5.41, 5.74) is 4.75. The number of carbonyl (C=O) groups excluding carboxylic acids is 2. The molecule has 4 aromatic carbocycles. The van der Waals surface area contributed by atoms with Crippen molar-refractivity contribution < 1.29 is 61.8 Å². The lowest BCUT2D eigenvalue weighted by Gasteiger charge is -2.20. The van der Waals surface area contributed by atoms with Crippen LogP contribution in [0, 0.1) is 13.8 Å². The average molecular weight is 725 g/mol. The SMILES string of the molecule is CCOC(=O)OCOP(=O)(COc1cc(C)c(Oc2ccc(O)c(Cc3ccc(O)c(Cc4ccccc4)c3)c2)c(C)c1)OCOC(=O)OCC. The van der Waals surface area contributed by atoms with Crippen LogP contribution in [-0.2, 0) is 45.4 Å². The van der Waals surface area contributed by atoms with Crippen LogP contribution in [0.1, 0.15) is 47.2 Å². The monoisotopic (exact) mass is 724 g/mol. The van der Waals surface area contributed by atoms with E-state index in [0.29, 0.717) is 46.8 Å². The van der Waals surface area contributed by atoms with Gasteiger partial charge in [-0.1, -0.05) is 42.5 Å². The zero-order chi connectivity index (χ0) is 36.8. The van der Waals surface area contributed by atoms with E-state index in [0.717, 1.165) is 16.7 Å². The first-order valence-corrected chi connectivity index (χ1v) is 17.8. The van der Waals surface area contributed by atoms with Crippen molar-refractivity contribution in [1.82, 2.24) is 0 Å². The summed E-state index contributed by atoms with van der Waals surface area (Å²) in [6, 6.07) is 23.5. The van der Waals surface area contributed by atoms with Crippen LogP contribution in [0.15, 0.2) is 78.9 Å². The van der Waals surface area contributed by atoms with Crippen LogP contribution in [0.2, 0.25) is 0 Å². The van der Waals surface area contributed by atoms with Crippen LogP contribution in [-0.4, -0.2) is 55.7 Å². The molecule has 0 aliphatic heterocycles. The Morgan fingerprint density at radius 3 is 1.78 bits per heavy atom. The lowest BCUT2D eigenvalue weighted by molar-refractivity contribution is -0.0217. The molecule has 0 radical (unpaired) electrons. The van der Waals surface area contributed by atoms with Gasteiger partial charge in [0.25, 0.3) is 0 Å². The van der Waals surface area contributed by atoms with Crippen LogP contribution in [0.3, 0.4) is 0 Å². The molecule has 272 valence electrons. The highest BCUT2D eigenvalue weighted by atomic mass is 31.2. The van der Waals surface area contributed by atoms with Gasteiger partial charge in [-0.15, -0.1) is 0 Å². The number of phenolic OH excluding ortho intramolecular Hbond substituents is 2. The van der Waals surface area contributed by atoms with Gasteiger partial charge < -0.3 is 38.6 Å². The molecule has 0 aromatic heterocycles. The van der Waals surface area contributed by atoms with Crippen molar-refractivity contribution in [1.29, 1.82) is 0 Å². The molecule has 0 atom stereocenters. The topological polar surface area (TPSA) is 166 Å². The van der Waals surface area contributed by atoms with Crippen molar-refractivity contribution in [3.05, 3.63) is 112 Å². The maximum atomic E-state index is 13.4. The minimum atomic E-state index is -4.15. The van der Waals surface area contributed by atoms with E-state index in [9.17, 15) is 24.4 Å². The first kappa shape index (κ1) is 38.6. The van der Waals surface area contributed by atoms with Crippen molar-refractivity contribution in [2.75, 3.05) is 33.1 Å². The van der Waals surface area contributed by atoms with Gasteiger partial charge in [-0.2, -0.15) is 0 Å². The molecular weight excluding hydrogens is 683 g/mol. The van der Waals surface area contributed by atoms with Crippen molar-refractivity contribution in [2.24, 2.45) is 0 Å². The summed E-state index contributed by atoms with van der Waals surface area (Å²) in [6.07, 6.45) is -1.74. The highest BCUT2D eigenvalue weighted by Crippen LogP contribution is 2.48. The normalized spacial score (nSPS) is 11.1. The molecular formula is C37H41O13P. The Kier molecular flexibility index (Phi) is 14.1. The van der Waals surface area contributed by atoms with Gasteiger partial charge in [-0.05, 0) is 91.9 Å². The van der Waals surface area contributed by atoms with Crippen LogP contribution in [0.5, 0.6) is 28.7 Å². The van der Waals surface area contributed by atoms with Gasteiger partial charge in [0.1, 0.15) is 28.7 Å². The van der Waals surface area contributed by atoms with E-state index in [2.05, 4.69) is 9.47 Å². The molecule has 0 unspecified atom stereocenters. The molecule has 0 spiro atoms. The van der Waals surface area contributed by atoms with Gasteiger partial charge in [0.15, 0.2) is 6.35 Å². The van der Waals surface area contributed by atoms with E-state index >= 15 is 0 Å². The van der Waals surface area contributed by atoms with Crippen LogP contribution < -0.4 is 9.47 Å². The molecule has 0 aliphatic rings. The summed E-state index contributed by atoms with van der Waals surface area (Å²) in [4.78, 5) is 23.0. The highest BCUT2D eigenvalue weighted by Gasteiger charge is 2.28. The first-order chi connectivity index (χ1) is 24.5. The predicted molar refractivity (Wildman–Crippen MR) is 185 cm³/mol. The van der Waals surface area contributed by atoms with E-state index in [4.69, 9.17) is 28.0 Å². The number of ether oxygens (including phenoxy) is 6. The van der Waals surface area contributed by atoms with Gasteiger partial charge >= 0.3 is 19.9 Å². The fourth-order valence-corrected chi connectivity index (χ4v) is 5.82. The van der Waals surface area contributed by atoms with E-state index < -0.39 is 39.8 Å². The molecule has 0 fully saturated rings. The molecule has 4 aromatic rings.